The molecule has 78 valence electrons. The molecule has 5 heteroatoms. The third-order valence-electron chi connectivity index (χ3n) is 1.83. The number of aliphatic hydroxyl groups is 1. The van der Waals surface area contributed by atoms with Gasteiger partial charge >= 0.3 is 0 Å². The average Bonchev–Trinajstić information content (AvgIpc) is 2.17. The van der Waals surface area contributed by atoms with E-state index in [1.165, 1.54) is 19.2 Å². The Morgan fingerprint density at radius 2 is 2.21 bits per heavy atom. The predicted molar refractivity (Wildman–Crippen MR) is 49.4 cm³/mol. The highest BCUT2D eigenvalue weighted by atomic mass is 19.1. The fourth-order valence-corrected chi connectivity index (χ4v) is 1.01. The van der Waals surface area contributed by atoms with E-state index in [-0.39, 0.29) is 11.6 Å². The van der Waals surface area contributed by atoms with Gasteiger partial charge in [0.15, 0.2) is 0 Å². The van der Waals surface area contributed by atoms with E-state index in [4.69, 9.17) is 10.5 Å². The lowest BCUT2D eigenvalue weighted by Crippen LogP contribution is -2.26. The molecule has 3 N–H and O–H groups in total. The minimum Gasteiger partial charge on any atom is -0.481 e. The van der Waals surface area contributed by atoms with Crippen LogP contribution in [0.25, 0.3) is 0 Å². The third kappa shape index (κ3) is 2.18. The number of hydrogen-bond donors (Lipinski definition) is 2. The molecule has 14 heavy (non-hydrogen) atoms. The first-order valence-corrected chi connectivity index (χ1v) is 4.20. The van der Waals surface area contributed by atoms with Crippen LogP contribution in [0.1, 0.15) is 18.7 Å². The summed E-state index contributed by atoms with van der Waals surface area (Å²) in [6.45, 7) is 1.57. The summed E-state index contributed by atoms with van der Waals surface area (Å²) in [4.78, 5) is 3.78. The zero-order valence-corrected chi connectivity index (χ0v) is 8.07. The van der Waals surface area contributed by atoms with Crippen LogP contribution in [0.15, 0.2) is 12.1 Å². The molecule has 2 atom stereocenters. The summed E-state index contributed by atoms with van der Waals surface area (Å²) >= 11 is 0. The molecular weight excluding hydrogens is 187 g/mol. The van der Waals surface area contributed by atoms with Crippen molar-refractivity contribution in [2.75, 3.05) is 7.11 Å². The maximum Gasteiger partial charge on any atom is 0.213 e. The van der Waals surface area contributed by atoms with Crippen molar-refractivity contribution >= 4 is 0 Å². The van der Waals surface area contributed by atoms with E-state index in [2.05, 4.69) is 4.98 Å². The van der Waals surface area contributed by atoms with Gasteiger partial charge in [0.25, 0.3) is 0 Å². The maximum absolute atomic E-state index is 13.2. The molecular formula is C9H13FN2O2. The first-order valence-electron chi connectivity index (χ1n) is 4.20. The Balaban J connectivity index is 3.05. The normalized spacial score (nSPS) is 14.9. The van der Waals surface area contributed by atoms with Crippen molar-refractivity contribution in [1.82, 2.24) is 4.98 Å². The minimum atomic E-state index is -1.12. The Morgan fingerprint density at radius 1 is 1.57 bits per heavy atom. The van der Waals surface area contributed by atoms with Crippen LogP contribution in [0.5, 0.6) is 5.88 Å². The molecule has 0 radical (unpaired) electrons. The van der Waals surface area contributed by atoms with Crippen LogP contribution >= 0.6 is 0 Å². The molecule has 0 aliphatic rings. The van der Waals surface area contributed by atoms with E-state index in [0.717, 1.165) is 0 Å². The summed E-state index contributed by atoms with van der Waals surface area (Å²) < 4.78 is 18.0. The summed E-state index contributed by atoms with van der Waals surface area (Å²) in [6, 6.07) is 1.99. The number of halogens is 1. The molecule has 1 rings (SSSR count). The second-order valence-corrected chi connectivity index (χ2v) is 3.02. The molecule has 0 aromatic carbocycles. The van der Waals surface area contributed by atoms with Gasteiger partial charge in [0, 0.05) is 12.1 Å². The molecule has 0 spiro atoms. The van der Waals surface area contributed by atoms with Crippen molar-refractivity contribution in [2.45, 2.75) is 19.1 Å². The lowest BCUT2D eigenvalue weighted by molar-refractivity contribution is 0.143. The summed E-state index contributed by atoms with van der Waals surface area (Å²) in [5, 5.41) is 9.52. The highest BCUT2D eigenvalue weighted by Crippen LogP contribution is 2.19. The van der Waals surface area contributed by atoms with Crippen LogP contribution in [0.3, 0.4) is 0 Å². The first kappa shape index (κ1) is 10.9. The second-order valence-electron chi connectivity index (χ2n) is 3.02. The smallest absolute Gasteiger partial charge is 0.213 e. The summed E-state index contributed by atoms with van der Waals surface area (Å²) in [5.74, 6) is -0.336. The van der Waals surface area contributed by atoms with E-state index in [1.807, 2.05) is 0 Å². The van der Waals surface area contributed by atoms with Gasteiger partial charge in [-0.2, -0.15) is 0 Å². The Kier molecular flexibility index (Phi) is 3.38. The number of nitrogens with two attached hydrogens (primary N) is 1. The Bertz CT molecular complexity index is 318. The molecule has 0 aliphatic heterocycles. The lowest BCUT2D eigenvalue weighted by Gasteiger charge is -2.14. The number of hydrogen-bond acceptors (Lipinski definition) is 4. The Morgan fingerprint density at radius 3 is 2.71 bits per heavy atom. The number of aliphatic hydroxyl groups excluding tert-OH is 1. The largest absolute Gasteiger partial charge is 0.481 e. The van der Waals surface area contributed by atoms with E-state index >= 15 is 0 Å². The van der Waals surface area contributed by atoms with Crippen LogP contribution in [0.4, 0.5) is 4.39 Å². The van der Waals surface area contributed by atoms with Crippen LogP contribution in [-0.4, -0.2) is 23.2 Å². The predicted octanol–water partition coefficient (Wildman–Crippen LogP) is 0.610. The van der Waals surface area contributed by atoms with E-state index in [9.17, 15) is 9.50 Å². The number of methoxy groups -OCH3 is 1. The number of ether oxygens (including phenoxy) is 1. The quantitative estimate of drug-likeness (QED) is 0.750. The molecule has 1 aromatic rings. The standard InChI is InChI=1S/C9H13FN2O2/c1-5(11)9(13)8-6(10)3-4-7(12-8)14-2/h3-5,9,13H,11H2,1-2H3. The monoisotopic (exact) mass is 200 g/mol. The van der Waals surface area contributed by atoms with Gasteiger partial charge in [-0.1, -0.05) is 0 Å². The van der Waals surface area contributed by atoms with Gasteiger partial charge in [0.2, 0.25) is 5.88 Å². The third-order valence-corrected chi connectivity index (χ3v) is 1.83. The molecule has 0 saturated heterocycles. The molecule has 4 nitrogen and oxygen atoms in total. The summed E-state index contributed by atoms with van der Waals surface area (Å²) in [6.07, 6.45) is -1.12. The lowest BCUT2D eigenvalue weighted by atomic mass is 10.1. The highest BCUT2D eigenvalue weighted by Gasteiger charge is 2.19. The second kappa shape index (κ2) is 4.34. The van der Waals surface area contributed by atoms with Crippen LogP contribution in [-0.2, 0) is 0 Å². The summed E-state index contributed by atoms with van der Waals surface area (Å²) in [5.41, 5.74) is 5.35. The minimum absolute atomic E-state index is 0.0839. The van der Waals surface area contributed by atoms with E-state index < -0.39 is 18.0 Å². The van der Waals surface area contributed by atoms with E-state index in [0.29, 0.717) is 0 Å². The van der Waals surface area contributed by atoms with Crippen molar-refractivity contribution < 1.29 is 14.2 Å². The molecule has 0 fully saturated rings. The van der Waals surface area contributed by atoms with Crippen molar-refractivity contribution in [3.8, 4) is 5.88 Å². The van der Waals surface area contributed by atoms with Gasteiger partial charge in [-0.25, -0.2) is 9.37 Å². The zero-order chi connectivity index (χ0) is 10.7. The van der Waals surface area contributed by atoms with Crippen molar-refractivity contribution in [1.29, 1.82) is 0 Å². The zero-order valence-electron chi connectivity index (χ0n) is 8.07. The van der Waals surface area contributed by atoms with Gasteiger partial charge < -0.3 is 15.6 Å². The summed E-state index contributed by atoms with van der Waals surface area (Å²) in [7, 11) is 1.42. The van der Waals surface area contributed by atoms with E-state index in [1.54, 1.807) is 6.92 Å². The Hall–Kier alpha value is -1.20. The van der Waals surface area contributed by atoms with Crippen molar-refractivity contribution in [2.24, 2.45) is 5.73 Å². The number of pyridine rings is 1. The molecule has 0 saturated carbocycles. The van der Waals surface area contributed by atoms with Gasteiger partial charge in [-0.05, 0) is 13.0 Å². The first-order chi connectivity index (χ1) is 6.56. The molecule has 0 aliphatic carbocycles. The molecule has 1 heterocycles. The number of nitrogens with zero attached hydrogens (tertiary/aromatic N) is 1. The molecule has 2 unspecified atom stereocenters. The number of aromatic nitrogens is 1. The van der Waals surface area contributed by atoms with Crippen LogP contribution in [0, 0.1) is 5.82 Å². The SMILES string of the molecule is COc1ccc(F)c(C(O)C(C)N)n1. The molecule has 0 amide bonds. The van der Waals surface area contributed by atoms with Crippen molar-refractivity contribution in [3.05, 3.63) is 23.6 Å². The van der Waals surface area contributed by atoms with Crippen LogP contribution < -0.4 is 10.5 Å². The van der Waals surface area contributed by atoms with Gasteiger partial charge in [-0.15, -0.1) is 0 Å². The maximum atomic E-state index is 13.2. The molecule has 1 aromatic heterocycles. The fourth-order valence-electron chi connectivity index (χ4n) is 1.01. The van der Waals surface area contributed by atoms with Crippen LogP contribution in [0.2, 0.25) is 0 Å². The van der Waals surface area contributed by atoms with Gasteiger partial charge in [0.05, 0.1) is 7.11 Å². The van der Waals surface area contributed by atoms with Crippen molar-refractivity contribution in [3.63, 3.8) is 0 Å². The topological polar surface area (TPSA) is 68.4 Å². The van der Waals surface area contributed by atoms with Gasteiger partial charge in [0.1, 0.15) is 17.6 Å². The average molecular weight is 200 g/mol. The number of rotatable bonds is 3. The van der Waals surface area contributed by atoms with Gasteiger partial charge in [-0.3, -0.25) is 0 Å². The molecule has 0 bridgehead atoms. The Labute approximate surface area is 81.5 Å². The fraction of sp³-hybridized carbons (Fsp3) is 0.444. The highest BCUT2D eigenvalue weighted by molar-refractivity contribution is 5.19.